The van der Waals surface area contributed by atoms with E-state index in [1.54, 1.807) is 20.8 Å². The van der Waals surface area contributed by atoms with Crippen molar-refractivity contribution >= 4 is 27.4 Å². The van der Waals surface area contributed by atoms with Gasteiger partial charge in [0.1, 0.15) is 25.9 Å². The number of halogens is 3. The number of alkyl halides is 2. The first-order valence-electron chi connectivity index (χ1n) is 11.4. The molecule has 0 aliphatic carbocycles. The molecule has 14 heteroatoms. The van der Waals surface area contributed by atoms with Crippen LogP contribution in [0.5, 0.6) is 11.6 Å². The summed E-state index contributed by atoms with van der Waals surface area (Å²) in [6.07, 6.45) is -0.698. The van der Waals surface area contributed by atoms with E-state index in [-0.39, 0.29) is 39.2 Å². The molecule has 0 aliphatic heterocycles. The number of hydrogen-bond acceptors (Lipinski definition) is 8. The molecule has 0 aromatic carbocycles. The molecule has 0 spiro atoms. The number of carbonyl (C=O) groups excluding carboxylic acids is 2. The molecular weight excluding hydrogens is 539 g/mol. The van der Waals surface area contributed by atoms with Crippen LogP contribution in [0.4, 0.5) is 23.7 Å². The minimum atomic E-state index is -3.37. The molecule has 2 amide bonds. The predicted molar refractivity (Wildman–Crippen MR) is 136 cm³/mol. The SMILES string of the molecule is Cc1nc(F)ccc1Oc1ncc(C(F)F)c(C)c1C(=O)Nc1ccnc(S(C)(=O)=NC(=O)OC(C)(C)C)c1. The molecule has 0 saturated heterocycles. The molecule has 208 valence electrons. The predicted octanol–water partition coefficient (Wildman–Crippen LogP) is 6.00. The van der Waals surface area contributed by atoms with Crippen LogP contribution in [0.2, 0.25) is 0 Å². The molecule has 3 rings (SSSR count). The fourth-order valence-corrected chi connectivity index (χ4v) is 4.26. The van der Waals surface area contributed by atoms with Crippen LogP contribution in [-0.4, -0.2) is 43.0 Å². The van der Waals surface area contributed by atoms with Crippen molar-refractivity contribution in [3.05, 3.63) is 65.0 Å². The first kappa shape index (κ1) is 29.5. The Bertz CT molecular complexity index is 1550. The third-order valence-electron chi connectivity index (χ3n) is 5.04. The van der Waals surface area contributed by atoms with Crippen molar-refractivity contribution in [2.24, 2.45) is 4.36 Å². The molecular formula is C25H26F3N5O5S. The summed E-state index contributed by atoms with van der Waals surface area (Å²) in [5, 5.41) is 2.38. The minimum Gasteiger partial charge on any atom is -0.442 e. The summed E-state index contributed by atoms with van der Waals surface area (Å²) < 4.78 is 68.1. The fourth-order valence-electron chi connectivity index (χ4n) is 3.25. The lowest BCUT2D eigenvalue weighted by atomic mass is 10.0. The Kier molecular flexibility index (Phi) is 8.58. The van der Waals surface area contributed by atoms with Gasteiger partial charge in [0, 0.05) is 29.9 Å². The van der Waals surface area contributed by atoms with Crippen LogP contribution in [0.25, 0.3) is 0 Å². The summed E-state index contributed by atoms with van der Waals surface area (Å²) in [6, 6.07) is 4.88. The van der Waals surface area contributed by atoms with Gasteiger partial charge in [0.05, 0.1) is 5.69 Å². The average Bonchev–Trinajstić information content (AvgIpc) is 2.79. The van der Waals surface area contributed by atoms with Gasteiger partial charge in [-0.1, -0.05) is 0 Å². The number of pyridine rings is 3. The van der Waals surface area contributed by atoms with E-state index in [4.69, 9.17) is 9.47 Å². The lowest BCUT2D eigenvalue weighted by Crippen LogP contribution is -2.22. The normalized spacial score (nSPS) is 13.0. The van der Waals surface area contributed by atoms with Crippen molar-refractivity contribution in [3.8, 4) is 11.6 Å². The maximum Gasteiger partial charge on any atom is 0.442 e. The lowest BCUT2D eigenvalue weighted by molar-refractivity contribution is 0.0607. The minimum absolute atomic E-state index is 0.0582. The molecule has 0 bridgehead atoms. The zero-order valence-electron chi connectivity index (χ0n) is 21.9. The number of nitrogens with one attached hydrogen (secondary N) is 1. The van der Waals surface area contributed by atoms with Crippen LogP contribution in [0.15, 0.2) is 46.0 Å². The van der Waals surface area contributed by atoms with Crippen LogP contribution in [0.3, 0.4) is 0 Å². The quantitative estimate of drug-likeness (QED) is 0.360. The number of nitrogens with zero attached hydrogens (tertiary/aromatic N) is 4. The van der Waals surface area contributed by atoms with Gasteiger partial charge in [-0.2, -0.15) is 4.39 Å². The lowest BCUT2D eigenvalue weighted by Gasteiger charge is -2.17. The van der Waals surface area contributed by atoms with E-state index in [1.807, 2.05) is 0 Å². The molecule has 0 fully saturated rings. The van der Waals surface area contributed by atoms with Crippen molar-refractivity contribution in [2.75, 3.05) is 11.6 Å². The summed E-state index contributed by atoms with van der Waals surface area (Å²) in [7, 11) is -3.37. The largest absolute Gasteiger partial charge is 0.442 e. The van der Waals surface area contributed by atoms with Crippen LogP contribution in [0.1, 0.15) is 54.4 Å². The molecule has 3 aromatic heterocycles. The van der Waals surface area contributed by atoms with Gasteiger partial charge >= 0.3 is 6.09 Å². The van der Waals surface area contributed by atoms with E-state index in [2.05, 4.69) is 24.6 Å². The first-order valence-corrected chi connectivity index (χ1v) is 13.3. The molecule has 1 atom stereocenters. The second-order valence-corrected chi connectivity index (χ2v) is 11.6. The second-order valence-electron chi connectivity index (χ2n) is 9.35. The van der Waals surface area contributed by atoms with Crippen molar-refractivity contribution in [2.45, 2.75) is 51.7 Å². The van der Waals surface area contributed by atoms with Gasteiger partial charge in [-0.05, 0) is 64.4 Å². The maximum atomic E-state index is 13.6. The Balaban J connectivity index is 1.99. The topological polar surface area (TPSA) is 133 Å². The van der Waals surface area contributed by atoms with Gasteiger partial charge < -0.3 is 14.8 Å². The number of aromatic nitrogens is 3. The highest BCUT2D eigenvalue weighted by Crippen LogP contribution is 2.33. The van der Waals surface area contributed by atoms with Gasteiger partial charge in [0.15, 0.2) is 5.75 Å². The molecule has 1 unspecified atom stereocenters. The standard InChI is InChI=1S/C25H26F3N5O5S/c1-13-16(21(27)28)12-30-23(37-17-7-8-18(26)31-14(17)2)20(13)22(34)32-15-9-10-29-19(11-15)39(6,36)33-24(35)38-25(3,4)5/h7-12,21H,1-6H3,(H,29,32,34). The highest BCUT2D eigenvalue weighted by atomic mass is 32.2. The Hall–Kier alpha value is -4.07. The number of carbonyl (C=O) groups is 2. The summed E-state index contributed by atoms with van der Waals surface area (Å²) in [5.74, 6) is -1.90. The second kappa shape index (κ2) is 11.4. The Morgan fingerprint density at radius 2 is 1.82 bits per heavy atom. The van der Waals surface area contributed by atoms with E-state index in [0.717, 1.165) is 12.3 Å². The molecule has 1 N–H and O–H groups in total. The highest BCUT2D eigenvalue weighted by Gasteiger charge is 2.25. The van der Waals surface area contributed by atoms with Crippen LogP contribution in [-0.2, 0) is 14.5 Å². The number of anilines is 1. The maximum absolute atomic E-state index is 13.6. The van der Waals surface area contributed by atoms with E-state index in [9.17, 15) is 27.0 Å². The number of amides is 2. The Morgan fingerprint density at radius 1 is 1.13 bits per heavy atom. The van der Waals surface area contributed by atoms with E-state index in [1.165, 1.54) is 44.5 Å². The highest BCUT2D eigenvalue weighted by molar-refractivity contribution is 7.93. The zero-order valence-corrected chi connectivity index (χ0v) is 22.7. The molecule has 39 heavy (non-hydrogen) atoms. The molecule has 0 saturated carbocycles. The average molecular weight is 566 g/mol. The van der Waals surface area contributed by atoms with E-state index in [0.29, 0.717) is 0 Å². The summed E-state index contributed by atoms with van der Waals surface area (Å²) in [5.41, 5.74) is -1.56. The van der Waals surface area contributed by atoms with Crippen LogP contribution >= 0.6 is 0 Å². The third kappa shape index (κ3) is 7.50. The molecule has 0 aliphatic rings. The van der Waals surface area contributed by atoms with Crippen molar-refractivity contribution in [1.29, 1.82) is 0 Å². The number of rotatable bonds is 6. The Morgan fingerprint density at radius 3 is 2.44 bits per heavy atom. The number of aryl methyl sites for hydroxylation is 1. The summed E-state index contributed by atoms with van der Waals surface area (Å²) in [4.78, 5) is 36.9. The molecule has 10 nitrogen and oxygen atoms in total. The van der Waals surface area contributed by atoms with Crippen LogP contribution in [0, 0.1) is 19.8 Å². The third-order valence-corrected chi connectivity index (χ3v) is 6.53. The van der Waals surface area contributed by atoms with Crippen molar-refractivity contribution in [3.63, 3.8) is 0 Å². The van der Waals surface area contributed by atoms with Crippen LogP contribution < -0.4 is 10.1 Å². The van der Waals surface area contributed by atoms with Gasteiger partial charge in [0.25, 0.3) is 12.3 Å². The molecule has 0 radical (unpaired) electrons. The van der Waals surface area contributed by atoms with Gasteiger partial charge in [0.2, 0.25) is 11.8 Å². The number of hydrogen-bond donors (Lipinski definition) is 1. The number of ether oxygens (including phenoxy) is 2. The summed E-state index contributed by atoms with van der Waals surface area (Å²) in [6.45, 7) is 7.63. The molecule has 3 heterocycles. The summed E-state index contributed by atoms with van der Waals surface area (Å²) >= 11 is 0. The monoisotopic (exact) mass is 565 g/mol. The molecule has 3 aromatic rings. The van der Waals surface area contributed by atoms with Crippen molar-refractivity contribution < 1.29 is 36.4 Å². The van der Waals surface area contributed by atoms with Crippen molar-refractivity contribution in [1.82, 2.24) is 15.0 Å². The van der Waals surface area contributed by atoms with Gasteiger partial charge in [-0.15, -0.1) is 4.36 Å². The smallest absolute Gasteiger partial charge is 0.442 e. The van der Waals surface area contributed by atoms with E-state index < -0.39 is 45.3 Å². The zero-order chi connectivity index (χ0) is 29.1. The van der Waals surface area contributed by atoms with Gasteiger partial charge in [-0.3, -0.25) is 4.79 Å². The van der Waals surface area contributed by atoms with Gasteiger partial charge in [-0.25, -0.2) is 32.7 Å². The first-order chi connectivity index (χ1) is 18.1. The fraction of sp³-hybridized carbons (Fsp3) is 0.320. The Labute approximate surface area is 223 Å². The van der Waals surface area contributed by atoms with E-state index >= 15 is 0 Å².